The van der Waals surface area contributed by atoms with Gasteiger partial charge in [-0.3, -0.25) is 14.2 Å². The number of aryl methyl sites for hydroxylation is 1. The second kappa shape index (κ2) is 5.18. The Labute approximate surface area is 103 Å². The number of H-pyrrole nitrogens is 1. The lowest BCUT2D eigenvalue weighted by Gasteiger charge is -2.04. The van der Waals surface area contributed by atoms with Crippen molar-refractivity contribution in [1.29, 1.82) is 0 Å². The van der Waals surface area contributed by atoms with Crippen LogP contribution in [-0.4, -0.2) is 25.3 Å². The number of nitrogens with zero attached hydrogens (tertiary/aromatic N) is 3. The molecule has 2 rings (SSSR count). The van der Waals surface area contributed by atoms with Crippen LogP contribution in [0.3, 0.4) is 0 Å². The van der Waals surface area contributed by atoms with E-state index in [0.29, 0.717) is 5.78 Å². The largest absolute Gasteiger partial charge is 0.291 e. The zero-order chi connectivity index (χ0) is 12.3. The molecule has 2 heterocycles. The fraction of sp³-hybridized carbons (Fsp3) is 0.364. The Morgan fingerprint density at radius 2 is 2.41 bits per heavy atom. The first-order valence-electron chi connectivity index (χ1n) is 5.47. The molecular weight excluding hydrogens is 236 g/mol. The molecule has 0 aromatic carbocycles. The normalized spacial score (nSPS) is 10.9. The minimum absolute atomic E-state index is 0.131. The van der Waals surface area contributed by atoms with Gasteiger partial charge in [-0.25, -0.2) is 0 Å². The molecule has 0 saturated heterocycles. The van der Waals surface area contributed by atoms with E-state index in [1.54, 1.807) is 17.8 Å². The summed E-state index contributed by atoms with van der Waals surface area (Å²) >= 11 is 1.55. The molecule has 0 fully saturated rings. The molecule has 5 nitrogen and oxygen atoms in total. The first-order chi connectivity index (χ1) is 8.26. The summed E-state index contributed by atoms with van der Waals surface area (Å²) in [5.41, 5.74) is 0.816. The second-order valence-corrected chi connectivity index (χ2v) is 4.60. The summed E-state index contributed by atoms with van der Waals surface area (Å²) in [6.07, 6.45) is 3.62. The first-order valence-corrected chi connectivity index (χ1v) is 6.46. The van der Waals surface area contributed by atoms with E-state index in [2.05, 4.69) is 28.7 Å². The molecule has 0 amide bonds. The van der Waals surface area contributed by atoms with Gasteiger partial charge in [-0.15, -0.1) is 16.8 Å². The minimum Gasteiger partial charge on any atom is -0.291 e. The Hall–Kier alpha value is -1.56. The molecule has 0 aliphatic heterocycles. The van der Waals surface area contributed by atoms with E-state index in [1.807, 2.05) is 10.5 Å². The predicted molar refractivity (Wildman–Crippen MR) is 68.5 cm³/mol. The monoisotopic (exact) mass is 250 g/mol. The number of hydrogen-bond acceptors (Lipinski definition) is 4. The zero-order valence-electron chi connectivity index (χ0n) is 9.64. The highest BCUT2D eigenvalue weighted by atomic mass is 32.2. The van der Waals surface area contributed by atoms with E-state index in [-0.39, 0.29) is 5.56 Å². The van der Waals surface area contributed by atoms with Crippen LogP contribution < -0.4 is 5.56 Å². The summed E-state index contributed by atoms with van der Waals surface area (Å²) in [5, 5.41) is 8.84. The van der Waals surface area contributed by atoms with Gasteiger partial charge in [0.15, 0.2) is 5.16 Å². The molecule has 17 heavy (non-hydrogen) atoms. The zero-order valence-corrected chi connectivity index (χ0v) is 10.5. The van der Waals surface area contributed by atoms with Crippen LogP contribution in [0, 0.1) is 0 Å². The number of rotatable bonds is 5. The summed E-state index contributed by atoms with van der Waals surface area (Å²) in [6, 6.07) is 1.61. The summed E-state index contributed by atoms with van der Waals surface area (Å²) in [4.78, 5) is 14.1. The molecule has 0 aliphatic rings. The summed E-state index contributed by atoms with van der Waals surface area (Å²) < 4.78 is 1.90. The van der Waals surface area contributed by atoms with E-state index in [9.17, 15) is 4.79 Å². The molecule has 0 unspecified atom stereocenters. The van der Waals surface area contributed by atoms with Gasteiger partial charge >= 0.3 is 0 Å². The van der Waals surface area contributed by atoms with Gasteiger partial charge in [0, 0.05) is 17.5 Å². The number of fused-ring (bicyclic) bond motifs is 1. The second-order valence-electron chi connectivity index (χ2n) is 3.62. The maximum atomic E-state index is 11.4. The van der Waals surface area contributed by atoms with E-state index < -0.39 is 0 Å². The molecule has 90 valence electrons. The minimum atomic E-state index is -0.131. The van der Waals surface area contributed by atoms with Crippen LogP contribution in [0.1, 0.15) is 19.0 Å². The molecule has 0 radical (unpaired) electrons. The van der Waals surface area contributed by atoms with E-state index in [1.165, 1.54) is 0 Å². The van der Waals surface area contributed by atoms with Crippen LogP contribution in [0.5, 0.6) is 0 Å². The van der Waals surface area contributed by atoms with Gasteiger partial charge in [0.1, 0.15) is 0 Å². The molecule has 2 aromatic heterocycles. The number of hydrogen-bond donors (Lipinski definition) is 1. The lowest BCUT2D eigenvalue weighted by Crippen LogP contribution is -2.11. The molecule has 0 aliphatic carbocycles. The Morgan fingerprint density at radius 1 is 1.59 bits per heavy atom. The number of thioether (sulfide) groups is 1. The van der Waals surface area contributed by atoms with Crippen LogP contribution in [0.15, 0.2) is 28.7 Å². The fourth-order valence-corrected chi connectivity index (χ4v) is 2.34. The van der Waals surface area contributed by atoms with Crippen LogP contribution in [-0.2, 0) is 6.42 Å². The fourth-order valence-electron chi connectivity index (χ4n) is 1.64. The Morgan fingerprint density at radius 3 is 3.12 bits per heavy atom. The average molecular weight is 250 g/mol. The van der Waals surface area contributed by atoms with Gasteiger partial charge in [0.25, 0.3) is 5.56 Å². The summed E-state index contributed by atoms with van der Waals surface area (Å²) in [6.45, 7) is 5.75. The van der Waals surface area contributed by atoms with Crippen molar-refractivity contribution in [3.63, 3.8) is 0 Å². The Bertz CT molecular complexity index is 587. The summed E-state index contributed by atoms with van der Waals surface area (Å²) in [5.74, 6) is 1.28. The van der Waals surface area contributed by atoms with Gasteiger partial charge in [-0.2, -0.15) is 0 Å². The third-order valence-corrected chi connectivity index (χ3v) is 3.21. The maximum absolute atomic E-state index is 11.4. The molecule has 2 aromatic rings. The van der Waals surface area contributed by atoms with Crippen molar-refractivity contribution < 1.29 is 0 Å². The molecule has 6 heteroatoms. The van der Waals surface area contributed by atoms with Gasteiger partial charge in [0.2, 0.25) is 5.78 Å². The van der Waals surface area contributed by atoms with Crippen molar-refractivity contribution in [2.45, 2.75) is 24.9 Å². The molecule has 0 saturated carbocycles. The number of aromatic nitrogens is 4. The third-order valence-electron chi connectivity index (χ3n) is 2.29. The van der Waals surface area contributed by atoms with E-state index >= 15 is 0 Å². The van der Waals surface area contributed by atoms with Crippen LogP contribution in [0.2, 0.25) is 0 Å². The molecule has 0 atom stereocenters. The van der Waals surface area contributed by atoms with E-state index in [0.717, 1.165) is 29.4 Å². The average Bonchev–Trinajstić information content (AvgIpc) is 2.69. The van der Waals surface area contributed by atoms with Gasteiger partial charge in [0.05, 0.1) is 0 Å². The van der Waals surface area contributed by atoms with Crippen molar-refractivity contribution in [2.75, 3.05) is 5.75 Å². The summed E-state index contributed by atoms with van der Waals surface area (Å²) in [7, 11) is 0. The SMILES string of the molecule is C=CCSc1nnc2[nH]c(=O)cc(CCC)n12. The lowest BCUT2D eigenvalue weighted by molar-refractivity contribution is 0.801. The van der Waals surface area contributed by atoms with Crippen molar-refractivity contribution in [3.05, 3.63) is 34.8 Å². The van der Waals surface area contributed by atoms with Crippen LogP contribution in [0.25, 0.3) is 5.78 Å². The predicted octanol–water partition coefficient (Wildman–Crippen LogP) is 1.65. The Kier molecular flexibility index (Phi) is 3.63. The lowest BCUT2D eigenvalue weighted by atomic mass is 10.2. The van der Waals surface area contributed by atoms with Crippen molar-refractivity contribution in [1.82, 2.24) is 19.6 Å². The number of aromatic amines is 1. The van der Waals surface area contributed by atoms with Gasteiger partial charge < -0.3 is 0 Å². The number of nitrogens with one attached hydrogen (secondary N) is 1. The third kappa shape index (κ3) is 2.41. The standard InChI is InChI=1S/C11H14N4OS/c1-3-5-8-7-9(16)12-10-13-14-11(15(8)10)17-6-4-2/h4,7H,2-3,5-6H2,1H3,(H,12,13,16). The molecule has 0 bridgehead atoms. The van der Waals surface area contributed by atoms with Gasteiger partial charge in [-0.05, 0) is 6.42 Å². The van der Waals surface area contributed by atoms with Crippen molar-refractivity contribution in [2.24, 2.45) is 0 Å². The van der Waals surface area contributed by atoms with Gasteiger partial charge in [-0.1, -0.05) is 31.2 Å². The smallest absolute Gasteiger partial charge is 0.252 e. The topological polar surface area (TPSA) is 63.0 Å². The molecule has 1 N–H and O–H groups in total. The van der Waals surface area contributed by atoms with Crippen molar-refractivity contribution >= 4 is 17.5 Å². The molecule has 0 spiro atoms. The van der Waals surface area contributed by atoms with Crippen LogP contribution >= 0.6 is 11.8 Å². The molecular formula is C11H14N4OS. The first kappa shape index (κ1) is 11.9. The quantitative estimate of drug-likeness (QED) is 0.647. The highest BCUT2D eigenvalue weighted by Gasteiger charge is 2.10. The Balaban J connectivity index is 2.55. The van der Waals surface area contributed by atoms with E-state index in [4.69, 9.17) is 0 Å². The highest BCUT2D eigenvalue weighted by molar-refractivity contribution is 7.99. The highest BCUT2D eigenvalue weighted by Crippen LogP contribution is 2.17. The van der Waals surface area contributed by atoms with Crippen molar-refractivity contribution in [3.8, 4) is 0 Å². The maximum Gasteiger partial charge on any atom is 0.252 e. The van der Waals surface area contributed by atoms with Crippen LogP contribution in [0.4, 0.5) is 0 Å².